The quantitative estimate of drug-likeness (QED) is 0.775. The fourth-order valence-electron chi connectivity index (χ4n) is 1.22. The number of benzene rings is 1. The van der Waals surface area contributed by atoms with Crippen molar-refractivity contribution in [1.29, 1.82) is 0 Å². The Hall–Kier alpha value is -1.09. The maximum Gasteiger partial charge on any atom is 0.123 e. The molecule has 0 heterocycles. The molecule has 0 fully saturated rings. The molecular formula is C10H13FO2. The zero-order valence-corrected chi connectivity index (χ0v) is 7.75. The molecule has 0 unspecified atom stereocenters. The lowest BCUT2D eigenvalue weighted by molar-refractivity contribution is 0.194. The highest BCUT2D eigenvalue weighted by molar-refractivity contribution is 5.34. The van der Waals surface area contributed by atoms with Crippen LogP contribution >= 0.6 is 0 Å². The highest BCUT2D eigenvalue weighted by Gasteiger charge is 2.06. The molecule has 1 aromatic carbocycles. The molecule has 1 aromatic rings. The molecule has 0 aromatic heterocycles. The maximum atomic E-state index is 12.8. The Morgan fingerprint density at radius 2 is 2.23 bits per heavy atom. The summed E-state index contributed by atoms with van der Waals surface area (Å²) in [6.45, 7) is 1.66. The summed E-state index contributed by atoms with van der Waals surface area (Å²) in [6, 6.07) is 4.28. The maximum absolute atomic E-state index is 12.8. The molecule has 0 aliphatic rings. The number of hydrogen-bond donors (Lipinski definition) is 1. The summed E-state index contributed by atoms with van der Waals surface area (Å²) in [6.07, 6.45) is -0.0864. The van der Waals surface area contributed by atoms with Crippen LogP contribution in [0.3, 0.4) is 0 Å². The van der Waals surface area contributed by atoms with Gasteiger partial charge in [-0.25, -0.2) is 4.39 Å². The summed E-state index contributed by atoms with van der Waals surface area (Å²) in [5.74, 6) is 0.304. The minimum absolute atomic E-state index is 0.309. The number of rotatable bonds is 3. The Kier molecular flexibility index (Phi) is 3.25. The van der Waals surface area contributed by atoms with Crippen molar-refractivity contribution in [2.45, 2.75) is 19.4 Å². The van der Waals surface area contributed by atoms with E-state index in [2.05, 4.69) is 0 Å². The average Bonchev–Trinajstić information content (AvgIpc) is 2.03. The van der Waals surface area contributed by atoms with Crippen LogP contribution in [0.15, 0.2) is 18.2 Å². The van der Waals surface area contributed by atoms with Crippen LogP contribution in [0.25, 0.3) is 0 Å². The van der Waals surface area contributed by atoms with Gasteiger partial charge in [0.15, 0.2) is 0 Å². The summed E-state index contributed by atoms with van der Waals surface area (Å²) in [5.41, 5.74) is 0.692. The third-order valence-electron chi connectivity index (χ3n) is 1.76. The predicted octanol–water partition coefficient (Wildman–Crippen LogP) is 1.76. The molecule has 2 nitrogen and oxygen atoms in total. The van der Waals surface area contributed by atoms with E-state index in [0.29, 0.717) is 17.7 Å². The second kappa shape index (κ2) is 4.23. The van der Waals surface area contributed by atoms with Crippen molar-refractivity contribution in [3.05, 3.63) is 29.6 Å². The summed E-state index contributed by atoms with van der Waals surface area (Å²) >= 11 is 0. The first-order valence-electron chi connectivity index (χ1n) is 4.14. The van der Waals surface area contributed by atoms with Crippen LogP contribution in [0, 0.1) is 5.82 Å². The molecule has 0 aliphatic heterocycles. The Labute approximate surface area is 77.0 Å². The SMILES string of the molecule is COc1ccc(F)cc1C[C@H](C)O. The minimum atomic E-state index is -0.490. The smallest absolute Gasteiger partial charge is 0.123 e. The Bertz CT molecular complexity index is 284. The fraction of sp³-hybridized carbons (Fsp3) is 0.400. The van der Waals surface area contributed by atoms with E-state index in [4.69, 9.17) is 9.84 Å². The van der Waals surface area contributed by atoms with Gasteiger partial charge in [-0.3, -0.25) is 0 Å². The van der Waals surface area contributed by atoms with Crippen LogP contribution in [-0.4, -0.2) is 18.3 Å². The standard InChI is InChI=1S/C10H13FO2/c1-7(12)5-8-6-9(11)3-4-10(8)13-2/h3-4,6-7,12H,5H2,1-2H3/t7-/m0/s1. The Morgan fingerprint density at radius 1 is 1.54 bits per heavy atom. The van der Waals surface area contributed by atoms with Crippen LogP contribution in [0.5, 0.6) is 5.75 Å². The van der Waals surface area contributed by atoms with Gasteiger partial charge in [0.25, 0.3) is 0 Å². The third kappa shape index (κ3) is 2.70. The molecule has 0 spiro atoms. The fourth-order valence-corrected chi connectivity index (χ4v) is 1.22. The first kappa shape index (κ1) is 9.99. The number of methoxy groups -OCH3 is 1. The topological polar surface area (TPSA) is 29.5 Å². The highest BCUT2D eigenvalue weighted by Crippen LogP contribution is 2.20. The zero-order valence-electron chi connectivity index (χ0n) is 7.75. The van der Waals surface area contributed by atoms with Crippen molar-refractivity contribution in [2.75, 3.05) is 7.11 Å². The molecule has 13 heavy (non-hydrogen) atoms. The molecule has 0 amide bonds. The molecule has 0 saturated heterocycles. The van der Waals surface area contributed by atoms with Crippen molar-refractivity contribution in [3.63, 3.8) is 0 Å². The molecule has 72 valence electrons. The van der Waals surface area contributed by atoms with Crippen LogP contribution in [-0.2, 0) is 6.42 Å². The summed E-state index contributed by atoms with van der Waals surface area (Å²) in [5, 5.41) is 9.14. The second-order valence-electron chi connectivity index (χ2n) is 3.01. The molecule has 3 heteroatoms. The van der Waals surface area contributed by atoms with Gasteiger partial charge in [-0.15, -0.1) is 0 Å². The highest BCUT2D eigenvalue weighted by atomic mass is 19.1. The second-order valence-corrected chi connectivity index (χ2v) is 3.01. The molecule has 0 radical (unpaired) electrons. The monoisotopic (exact) mass is 184 g/mol. The van der Waals surface area contributed by atoms with E-state index in [-0.39, 0.29) is 5.82 Å². The van der Waals surface area contributed by atoms with Crippen LogP contribution in [0.2, 0.25) is 0 Å². The lowest BCUT2D eigenvalue weighted by atomic mass is 10.1. The van der Waals surface area contributed by atoms with Crippen LogP contribution in [0.1, 0.15) is 12.5 Å². The molecule has 0 aliphatic carbocycles. The van der Waals surface area contributed by atoms with Gasteiger partial charge in [0.05, 0.1) is 13.2 Å². The third-order valence-corrected chi connectivity index (χ3v) is 1.76. The molecule has 1 N–H and O–H groups in total. The first-order chi connectivity index (χ1) is 6.13. The zero-order chi connectivity index (χ0) is 9.84. The van der Waals surface area contributed by atoms with Gasteiger partial charge in [0.1, 0.15) is 11.6 Å². The molecular weight excluding hydrogens is 171 g/mol. The molecule has 1 rings (SSSR count). The number of aliphatic hydroxyl groups is 1. The first-order valence-corrected chi connectivity index (χ1v) is 4.14. The number of aliphatic hydroxyl groups excluding tert-OH is 1. The Balaban J connectivity index is 2.94. The van der Waals surface area contributed by atoms with E-state index in [1.807, 2.05) is 0 Å². The van der Waals surface area contributed by atoms with Gasteiger partial charge in [0.2, 0.25) is 0 Å². The summed E-state index contributed by atoms with van der Waals surface area (Å²) < 4.78 is 17.8. The minimum Gasteiger partial charge on any atom is -0.496 e. The van der Waals surface area contributed by atoms with E-state index in [1.165, 1.54) is 19.2 Å². The van der Waals surface area contributed by atoms with Gasteiger partial charge < -0.3 is 9.84 Å². The average molecular weight is 184 g/mol. The van der Waals surface area contributed by atoms with Gasteiger partial charge >= 0.3 is 0 Å². The normalized spacial score (nSPS) is 12.6. The molecule has 0 saturated carbocycles. The van der Waals surface area contributed by atoms with Gasteiger partial charge in [-0.1, -0.05) is 0 Å². The van der Waals surface area contributed by atoms with Crippen molar-refractivity contribution >= 4 is 0 Å². The summed E-state index contributed by atoms with van der Waals surface area (Å²) in [7, 11) is 1.53. The van der Waals surface area contributed by atoms with E-state index in [1.54, 1.807) is 13.0 Å². The lowest BCUT2D eigenvalue weighted by Gasteiger charge is -2.09. The summed E-state index contributed by atoms with van der Waals surface area (Å²) in [4.78, 5) is 0. The van der Waals surface area contributed by atoms with Crippen molar-refractivity contribution in [1.82, 2.24) is 0 Å². The van der Waals surface area contributed by atoms with Crippen molar-refractivity contribution in [2.24, 2.45) is 0 Å². The number of halogens is 1. The Morgan fingerprint density at radius 3 is 2.77 bits per heavy atom. The largest absolute Gasteiger partial charge is 0.496 e. The van der Waals surface area contributed by atoms with E-state index < -0.39 is 6.10 Å². The van der Waals surface area contributed by atoms with Gasteiger partial charge in [0, 0.05) is 6.42 Å². The molecule has 0 bridgehead atoms. The molecule has 1 atom stereocenters. The van der Waals surface area contributed by atoms with Crippen molar-refractivity contribution < 1.29 is 14.2 Å². The van der Waals surface area contributed by atoms with Crippen LogP contribution < -0.4 is 4.74 Å². The number of hydrogen-bond acceptors (Lipinski definition) is 2. The van der Waals surface area contributed by atoms with Gasteiger partial charge in [-0.05, 0) is 30.7 Å². The predicted molar refractivity (Wildman–Crippen MR) is 48.3 cm³/mol. The van der Waals surface area contributed by atoms with Crippen LogP contribution in [0.4, 0.5) is 4.39 Å². The van der Waals surface area contributed by atoms with E-state index in [9.17, 15) is 4.39 Å². The lowest BCUT2D eigenvalue weighted by Crippen LogP contribution is -2.06. The van der Waals surface area contributed by atoms with Crippen molar-refractivity contribution in [3.8, 4) is 5.75 Å². The van der Waals surface area contributed by atoms with E-state index in [0.717, 1.165) is 0 Å². The van der Waals surface area contributed by atoms with Gasteiger partial charge in [-0.2, -0.15) is 0 Å². The van der Waals surface area contributed by atoms with E-state index >= 15 is 0 Å². The number of ether oxygens (including phenoxy) is 1.